The lowest BCUT2D eigenvalue weighted by Crippen LogP contribution is -2.56. The van der Waals surface area contributed by atoms with E-state index in [1.165, 1.54) is 10.9 Å². The molecule has 1 amide bonds. The molecule has 1 aromatic rings. The first kappa shape index (κ1) is 14.6. The molecule has 0 bridgehead atoms. The van der Waals surface area contributed by atoms with Crippen LogP contribution in [0.2, 0.25) is 0 Å². The van der Waals surface area contributed by atoms with E-state index in [1.54, 1.807) is 13.1 Å². The summed E-state index contributed by atoms with van der Waals surface area (Å²) >= 11 is 0. The van der Waals surface area contributed by atoms with Gasteiger partial charge in [-0.15, -0.1) is 0 Å². The fraction of sp³-hybridized carbons (Fsp3) is 0.643. The Kier molecular flexibility index (Phi) is 4.11. The number of hydrogen-bond donors (Lipinski definition) is 2. The van der Waals surface area contributed by atoms with E-state index in [2.05, 4.69) is 17.3 Å². The minimum absolute atomic E-state index is 0.373. The molecule has 0 aliphatic heterocycles. The van der Waals surface area contributed by atoms with Gasteiger partial charge in [-0.3, -0.25) is 9.48 Å². The van der Waals surface area contributed by atoms with Gasteiger partial charge in [0, 0.05) is 13.2 Å². The summed E-state index contributed by atoms with van der Waals surface area (Å²) < 4.78 is 1.45. The zero-order valence-electron chi connectivity index (χ0n) is 11.9. The molecule has 20 heavy (non-hydrogen) atoms. The number of carboxylic acid groups (broad SMARTS) is 1. The second-order valence-corrected chi connectivity index (χ2v) is 5.53. The Labute approximate surface area is 118 Å². The zero-order valence-corrected chi connectivity index (χ0v) is 11.9. The van der Waals surface area contributed by atoms with Crippen LogP contribution in [-0.2, 0) is 11.8 Å². The summed E-state index contributed by atoms with van der Waals surface area (Å²) in [6.45, 7) is 2.12. The summed E-state index contributed by atoms with van der Waals surface area (Å²) in [4.78, 5) is 23.8. The van der Waals surface area contributed by atoms with Gasteiger partial charge in [-0.1, -0.05) is 13.3 Å². The molecule has 1 fully saturated rings. The molecule has 6 heteroatoms. The number of carboxylic acids is 1. The molecular weight excluding hydrogens is 258 g/mol. The molecule has 110 valence electrons. The van der Waals surface area contributed by atoms with Crippen molar-refractivity contribution in [2.24, 2.45) is 13.0 Å². The first-order chi connectivity index (χ1) is 9.48. The molecule has 0 radical (unpaired) electrons. The van der Waals surface area contributed by atoms with Gasteiger partial charge in [0.15, 0.2) is 0 Å². The second-order valence-electron chi connectivity index (χ2n) is 5.53. The van der Waals surface area contributed by atoms with Gasteiger partial charge in [0.05, 0.1) is 0 Å². The van der Waals surface area contributed by atoms with Gasteiger partial charge >= 0.3 is 5.97 Å². The number of hydrogen-bond acceptors (Lipinski definition) is 3. The predicted octanol–water partition coefficient (Wildman–Crippen LogP) is 1.57. The summed E-state index contributed by atoms with van der Waals surface area (Å²) in [5, 5.41) is 16.2. The van der Waals surface area contributed by atoms with Crippen molar-refractivity contribution < 1.29 is 14.7 Å². The molecule has 0 spiro atoms. The first-order valence-electron chi connectivity index (χ1n) is 7.02. The molecule has 1 aromatic heterocycles. The van der Waals surface area contributed by atoms with E-state index in [9.17, 15) is 14.7 Å². The van der Waals surface area contributed by atoms with Crippen molar-refractivity contribution in [3.05, 3.63) is 18.0 Å². The largest absolute Gasteiger partial charge is 0.480 e. The second kappa shape index (κ2) is 5.64. The van der Waals surface area contributed by atoms with Crippen molar-refractivity contribution in [2.45, 2.75) is 44.6 Å². The maximum absolute atomic E-state index is 12.2. The molecule has 1 saturated carbocycles. The number of carbonyl (C=O) groups excluding carboxylic acids is 1. The van der Waals surface area contributed by atoms with Crippen molar-refractivity contribution in [3.63, 3.8) is 0 Å². The fourth-order valence-electron chi connectivity index (χ4n) is 2.85. The fourth-order valence-corrected chi connectivity index (χ4v) is 2.85. The quantitative estimate of drug-likeness (QED) is 0.876. The van der Waals surface area contributed by atoms with Gasteiger partial charge in [-0.25, -0.2) is 4.79 Å². The highest BCUT2D eigenvalue weighted by Crippen LogP contribution is 2.34. The monoisotopic (exact) mass is 279 g/mol. The molecule has 2 rings (SSSR count). The van der Waals surface area contributed by atoms with Gasteiger partial charge in [-0.2, -0.15) is 5.10 Å². The van der Waals surface area contributed by atoms with Crippen LogP contribution in [0.3, 0.4) is 0 Å². The Morgan fingerprint density at radius 3 is 2.60 bits per heavy atom. The van der Waals surface area contributed by atoms with E-state index >= 15 is 0 Å². The molecule has 1 heterocycles. The van der Waals surface area contributed by atoms with Crippen LogP contribution in [0.4, 0.5) is 0 Å². The lowest BCUT2D eigenvalue weighted by atomic mass is 9.75. The number of nitrogens with one attached hydrogen (secondary N) is 1. The molecule has 0 atom stereocenters. The van der Waals surface area contributed by atoms with Crippen LogP contribution < -0.4 is 5.32 Å². The third-order valence-corrected chi connectivity index (χ3v) is 4.35. The minimum atomic E-state index is -1.13. The molecular formula is C14H21N3O3. The number of nitrogens with zero attached hydrogens (tertiary/aromatic N) is 2. The summed E-state index contributed by atoms with van der Waals surface area (Å²) in [6.07, 6.45) is 5.25. The van der Waals surface area contributed by atoms with Gasteiger partial charge in [0.2, 0.25) is 0 Å². The number of aliphatic carboxylic acids is 1. The highest BCUT2D eigenvalue weighted by molar-refractivity contribution is 5.96. The Balaban J connectivity index is 2.13. The molecule has 6 nitrogen and oxygen atoms in total. The molecule has 1 aliphatic rings. The average Bonchev–Trinajstić information content (AvgIpc) is 2.85. The Bertz CT molecular complexity index is 502. The average molecular weight is 279 g/mol. The van der Waals surface area contributed by atoms with Crippen molar-refractivity contribution >= 4 is 11.9 Å². The van der Waals surface area contributed by atoms with E-state index in [1.807, 2.05) is 0 Å². The van der Waals surface area contributed by atoms with Crippen molar-refractivity contribution in [1.82, 2.24) is 15.1 Å². The third kappa shape index (κ3) is 2.69. The molecule has 1 aliphatic carbocycles. The smallest absolute Gasteiger partial charge is 0.329 e. The normalized spacial score (nSPS) is 26.2. The minimum Gasteiger partial charge on any atom is -0.480 e. The molecule has 0 unspecified atom stereocenters. The third-order valence-electron chi connectivity index (χ3n) is 4.35. The van der Waals surface area contributed by atoms with E-state index in [4.69, 9.17) is 0 Å². The van der Waals surface area contributed by atoms with E-state index < -0.39 is 11.5 Å². The van der Waals surface area contributed by atoms with Gasteiger partial charge in [0.1, 0.15) is 11.2 Å². The molecule has 2 N–H and O–H groups in total. The van der Waals surface area contributed by atoms with Crippen molar-refractivity contribution in [1.29, 1.82) is 0 Å². The summed E-state index contributed by atoms with van der Waals surface area (Å²) in [5.41, 5.74) is -0.754. The maximum Gasteiger partial charge on any atom is 0.329 e. The highest BCUT2D eigenvalue weighted by atomic mass is 16.4. The van der Waals surface area contributed by atoms with Crippen LogP contribution in [0.5, 0.6) is 0 Å². The van der Waals surface area contributed by atoms with Crippen LogP contribution in [0.25, 0.3) is 0 Å². The molecule has 0 saturated heterocycles. The van der Waals surface area contributed by atoms with E-state index in [0.717, 1.165) is 19.3 Å². The Hall–Kier alpha value is -1.85. The van der Waals surface area contributed by atoms with Gasteiger partial charge in [-0.05, 0) is 37.7 Å². The van der Waals surface area contributed by atoms with Gasteiger partial charge in [0.25, 0.3) is 5.91 Å². The van der Waals surface area contributed by atoms with Crippen LogP contribution >= 0.6 is 0 Å². The van der Waals surface area contributed by atoms with Crippen LogP contribution in [0, 0.1) is 5.92 Å². The lowest BCUT2D eigenvalue weighted by molar-refractivity contribution is -0.146. The van der Waals surface area contributed by atoms with Crippen molar-refractivity contribution in [3.8, 4) is 0 Å². The number of carbonyl (C=O) groups is 2. The number of aromatic nitrogens is 2. The highest BCUT2D eigenvalue weighted by Gasteiger charge is 2.43. The van der Waals surface area contributed by atoms with E-state index in [-0.39, 0.29) is 5.91 Å². The van der Waals surface area contributed by atoms with Crippen LogP contribution in [-0.4, -0.2) is 32.3 Å². The zero-order chi connectivity index (χ0) is 14.8. The predicted molar refractivity (Wildman–Crippen MR) is 73.3 cm³/mol. The Morgan fingerprint density at radius 1 is 1.50 bits per heavy atom. The molecule has 0 aromatic carbocycles. The number of amides is 1. The van der Waals surface area contributed by atoms with E-state index in [0.29, 0.717) is 24.5 Å². The SMILES string of the molecule is CCC1CCC(NC(=O)c2ccnn2C)(C(=O)O)CC1. The van der Waals surface area contributed by atoms with Crippen molar-refractivity contribution in [2.75, 3.05) is 0 Å². The topological polar surface area (TPSA) is 84.2 Å². The lowest BCUT2D eigenvalue weighted by Gasteiger charge is -2.37. The Morgan fingerprint density at radius 2 is 2.15 bits per heavy atom. The van der Waals surface area contributed by atoms with Gasteiger partial charge < -0.3 is 10.4 Å². The summed E-state index contributed by atoms with van der Waals surface area (Å²) in [6, 6.07) is 1.59. The summed E-state index contributed by atoms with van der Waals surface area (Å²) in [7, 11) is 1.66. The summed E-state index contributed by atoms with van der Waals surface area (Å²) in [5.74, 6) is -0.749. The first-order valence-corrected chi connectivity index (χ1v) is 7.02. The standard InChI is InChI=1S/C14H21N3O3/c1-3-10-4-7-14(8-5-10,13(19)20)16-12(18)11-6-9-15-17(11)2/h6,9-10H,3-5,7-8H2,1-2H3,(H,16,18)(H,19,20). The number of aryl methyl sites for hydroxylation is 1. The maximum atomic E-state index is 12.2. The van der Waals surface area contributed by atoms with Crippen LogP contribution in [0.1, 0.15) is 49.5 Å². The number of rotatable bonds is 4. The van der Waals surface area contributed by atoms with Crippen LogP contribution in [0.15, 0.2) is 12.3 Å².